The number of piperidine rings is 1. The SMILES string of the molecule is O=C(CCCl)N1CCCC(Oc2ncc(Cl)cn2)C1. The Balaban J connectivity index is 1.90. The molecular weight excluding hydrogens is 289 g/mol. The van der Waals surface area contributed by atoms with E-state index in [0.717, 1.165) is 19.4 Å². The molecule has 2 heterocycles. The summed E-state index contributed by atoms with van der Waals surface area (Å²) >= 11 is 11.3. The predicted octanol–water partition coefficient (Wildman–Crippen LogP) is 2.13. The van der Waals surface area contributed by atoms with Crippen molar-refractivity contribution in [3.63, 3.8) is 0 Å². The minimum atomic E-state index is -0.0748. The average Bonchev–Trinajstić information content (AvgIpc) is 2.42. The van der Waals surface area contributed by atoms with Crippen molar-refractivity contribution in [1.82, 2.24) is 14.9 Å². The first-order valence-corrected chi connectivity index (χ1v) is 7.08. The van der Waals surface area contributed by atoms with Crippen LogP contribution in [-0.4, -0.2) is 45.8 Å². The molecule has 0 aliphatic carbocycles. The third kappa shape index (κ3) is 4.21. The minimum Gasteiger partial charge on any atom is -0.458 e. The fourth-order valence-corrected chi connectivity index (χ4v) is 2.27. The molecule has 2 rings (SSSR count). The summed E-state index contributed by atoms with van der Waals surface area (Å²) in [6, 6.07) is 0.293. The normalized spacial score (nSPS) is 19.3. The number of alkyl halides is 1. The van der Waals surface area contributed by atoms with Gasteiger partial charge in [0.2, 0.25) is 5.91 Å². The second-order valence-electron chi connectivity index (χ2n) is 4.34. The molecule has 0 spiro atoms. The summed E-state index contributed by atoms with van der Waals surface area (Å²) in [6.07, 6.45) is 5.06. The lowest BCUT2D eigenvalue weighted by Gasteiger charge is -2.32. The lowest BCUT2D eigenvalue weighted by Crippen LogP contribution is -2.44. The number of halogens is 2. The van der Waals surface area contributed by atoms with Crippen LogP contribution in [0.3, 0.4) is 0 Å². The first-order chi connectivity index (χ1) is 9.19. The van der Waals surface area contributed by atoms with E-state index < -0.39 is 0 Å². The highest BCUT2D eigenvalue weighted by molar-refractivity contribution is 6.30. The first kappa shape index (κ1) is 14.3. The molecule has 1 unspecified atom stereocenters. The van der Waals surface area contributed by atoms with E-state index in [1.165, 1.54) is 12.4 Å². The molecule has 1 aliphatic heterocycles. The molecule has 1 aromatic rings. The van der Waals surface area contributed by atoms with Gasteiger partial charge >= 0.3 is 6.01 Å². The van der Waals surface area contributed by atoms with Gasteiger partial charge in [-0.2, -0.15) is 0 Å². The number of amides is 1. The molecule has 1 aromatic heterocycles. The van der Waals surface area contributed by atoms with Crippen LogP contribution in [-0.2, 0) is 4.79 Å². The summed E-state index contributed by atoms with van der Waals surface area (Å²) in [5.74, 6) is 0.418. The first-order valence-electron chi connectivity index (χ1n) is 6.17. The van der Waals surface area contributed by atoms with Crippen molar-refractivity contribution in [3.05, 3.63) is 17.4 Å². The molecule has 0 radical (unpaired) electrons. The number of nitrogens with zero attached hydrogens (tertiary/aromatic N) is 3. The standard InChI is InChI=1S/C12H15Cl2N3O2/c13-4-3-11(18)17-5-1-2-10(8-17)19-12-15-6-9(14)7-16-12/h6-7,10H,1-5,8H2. The summed E-state index contributed by atoms with van der Waals surface area (Å²) in [7, 11) is 0. The number of hydrogen-bond acceptors (Lipinski definition) is 4. The van der Waals surface area contributed by atoms with E-state index in [1.54, 1.807) is 4.90 Å². The fourth-order valence-electron chi connectivity index (χ4n) is 2.01. The average molecular weight is 304 g/mol. The molecule has 0 aromatic carbocycles. The molecule has 1 saturated heterocycles. The Hall–Kier alpha value is -1.07. The van der Waals surface area contributed by atoms with Crippen molar-refractivity contribution in [2.75, 3.05) is 19.0 Å². The Morgan fingerprint density at radius 2 is 2.21 bits per heavy atom. The molecule has 1 amide bonds. The van der Waals surface area contributed by atoms with Crippen molar-refractivity contribution in [1.29, 1.82) is 0 Å². The van der Waals surface area contributed by atoms with Crippen LogP contribution < -0.4 is 4.74 Å². The van der Waals surface area contributed by atoms with E-state index >= 15 is 0 Å². The van der Waals surface area contributed by atoms with Crippen LogP contribution in [0.15, 0.2) is 12.4 Å². The lowest BCUT2D eigenvalue weighted by molar-refractivity contribution is -0.133. The van der Waals surface area contributed by atoms with Gasteiger partial charge in [-0.3, -0.25) is 4.79 Å². The topological polar surface area (TPSA) is 55.3 Å². The van der Waals surface area contributed by atoms with Gasteiger partial charge in [-0.15, -0.1) is 11.6 Å². The van der Waals surface area contributed by atoms with Crippen LogP contribution >= 0.6 is 23.2 Å². The van der Waals surface area contributed by atoms with Gasteiger partial charge < -0.3 is 9.64 Å². The molecule has 0 N–H and O–H groups in total. The number of hydrogen-bond donors (Lipinski definition) is 0. The minimum absolute atomic E-state index is 0.0697. The van der Waals surface area contributed by atoms with E-state index in [-0.39, 0.29) is 12.0 Å². The number of aromatic nitrogens is 2. The van der Waals surface area contributed by atoms with E-state index in [0.29, 0.717) is 29.9 Å². The quantitative estimate of drug-likeness (QED) is 0.800. The van der Waals surface area contributed by atoms with Gasteiger partial charge in [0, 0.05) is 18.8 Å². The Morgan fingerprint density at radius 3 is 2.89 bits per heavy atom. The highest BCUT2D eigenvalue weighted by Gasteiger charge is 2.24. The summed E-state index contributed by atoms with van der Waals surface area (Å²) in [5, 5.41) is 0.468. The number of rotatable bonds is 4. The van der Waals surface area contributed by atoms with Crippen LogP contribution in [0.1, 0.15) is 19.3 Å². The highest BCUT2D eigenvalue weighted by atomic mass is 35.5. The zero-order valence-corrected chi connectivity index (χ0v) is 11.9. The van der Waals surface area contributed by atoms with E-state index in [4.69, 9.17) is 27.9 Å². The van der Waals surface area contributed by atoms with E-state index in [2.05, 4.69) is 9.97 Å². The monoisotopic (exact) mass is 303 g/mol. The second-order valence-corrected chi connectivity index (χ2v) is 5.16. The highest BCUT2D eigenvalue weighted by Crippen LogP contribution is 2.16. The van der Waals surface area contributed by atoms with Gasteiger partial charge in [-0.1, -0.05) is 11.6 Å². The predicted molar refractivity (Wildman–Crippen MR) is 72.6 cm³/mol. The summed E-state index contributed by atoms with van der Waals surface area (Å²) in [6.45, 7) is 1.32. The van der Waals surface area contributed by atoms with Crippen molar-refractivity contribution in [3.8, 4) is 6.01 Å². The van der Waals surface area contributed by atoms with Crippen LogP contribution in [0.5, 0.6) is 6.01 Å². The Kier molecular flexibility index (Phi) is 5.22. The molecule has 0 bridgehead atoms. The molecule has 19 heavy (non-hydrogen) atoms. The van der Waals surface area contributed by atoms with Crippen LogP contribution in [0.4, 0.5) is 0 Å². The number of carbonyl (C=O) groups is 1. The van der Waals surface area contributed by atoms with Crippen LogP contribution in [0, 0.1) is 0 Å². The molecule has 5 nitrogen and oxygen atoms in total. The van der Waals surface area contributed by atoms with Crippen molar-refractivity contribution in [2.24, 2.45) is 0 Å². The zero-order chi connectivity index (χ0) is 13.7. The molecule has 0 saturated carbocycles. The third-order valence-corrected chi connectivity index (χ3v) is 3.29. The summed E-state index contributed by atoms with van der Waals surface area (Å²) in [4.78, 5) is 21.5. The van der Waals surface area contributed by atoms with Crippen LogP contribution in [0.25, 0.3) is 0 Å². The number of carbonyl (C=O) groups excluding carboxylic acids is 1. The van der Waals surface area contributed by atoms with E-state index in [1.807, 2.05) is 0 Å². The molecule has 1 fully saturated rings. The molecule has 1 atom stereocenters. The molecular formula is C12H15Cl2N3O2. The van der Waals surface area contributed by atoms with Gasteiger partial charge in [0.05, 0.1) is 24.0 Å². The van der Waals surface area contributed by atoms with Crippen molar-refractivity contribution in [2.45, 2.75) is 25.4 Å². The van der Waals surface area contributed by atoms with Crippen molar-refractivity contribution < 1.29 is 9.53 Å². The fraction of sp³-hybridized carbons (Fsp3) is 0.583. The van der Waals surface area contributed by atoms with Gasteiger partial charge in [-0.05, 0) is 12.8 Å². The Bertz CT molecular complexity index is 427. The largest absolute Gasteiger partial charge is 0.458 e. The Labute approximate surface area is 121 Å². The second kappa shape index (κ2) is 6.91. The number of likely N-dealkylation sites (tertiary alicyclic amines) is 1. The Morgan fingerprint density at radius 1 is 1.47 bits per heavy atom. The van der Waals surface area contributed by atoms with Gasteiger partial charge in [0.15, 0.2) is 0 Å². The lowest BCUT2D eigenvalue weighted by atomic mass is 10.1. The van der Waals surface area contributed by atoms with Gasteiger partial charge in [0.25, 0.3) is 0 Å². The van der Waals surface area contributed by atoms with Crippen LogP contribution in [0.2, 0.25) is 5.02 Å². The smallest absolute Gasteiger partial charge is 0.316 e. The molecule has 1 aliphatic rings. The van der Waals surface area contributed by atoms with E-state index in [9.17, 15) is 4.79 Å². The maximum Gasteiger partial charge on any atom is 0.316 e. The number of ether oxygens (including phenoxy) is 1. The molecule has 7 heteroatoms. The summed E-state index contributed by atoms with van der Waals surface area (Å²) < 4.78 is 5.66. The third-order valence-electron chi connectivity index (χ3n) is 2.91. The maximum absolute atomic E-state index is 11.8. The maximum atomic E-state index is 11.8. The van der Waals surface area contributed by atoms with Crippen molar-refractivity contribution >= 4 is 29.1 Å². The van der Waals surface area contributed by atoms with Gasteiger partial charge in [0.1, 0.15) is 6.10 Å². The zero-order valence-electron chi connectivity index (χ0n) is 10.4. The molecule has 104 valence electrons. The summed E-state index contributed by atoms with van der Waals surface area (Å²) in [5.41, 5.74) is 0. The van der Waals surface area contributed by atoms with Gasteiger partial charge in [-0.25, -0.2) is 9.97 Å².